The van der Waals surface area contributed by atoms with Gasteiger partial charge in [-0.05, 0) is 24.6 Å². The van der Waals surface area contributed by atoms with Gasteiger partial charge in [-0.1, -0.05) is 30.3 Å². The van der Waals surface area contributed by atoms with Crippen LogP contribution in [0.4, 0.5) is 17.2 Å². The number of anilines is 3. The van der Waals surface area contributed by atoms with Crippen molar-refractivity contribution in [1.82, 2.24) is 9.88 Å². The molecule has 1 aromatic heterocycles. The van der Waals surface area contributed by atoms with E-state index in [-0.39, 0.29) is 5.91 Å². The first-order valence-corrected chi connectivity index (χ1v) is 11.2. The zero-order chi connectivity index (χ0) is 22.1. The molecule has 2 aliphatic heterocycles. The van der Waals surface area contributed by atoms with Crippen LogP contribution in [0.5, 0.6) is 5.75 Å². The van der Waals surface area contributed by atoms with E-state index in [0.29, 0.717) is 6.54 Å². The lowest BCUT2D eigenvalue weighted by Gasteiger charge is -2.36. The highest BCUT2D eigenvalue weighted by Gasteiger charge is 2.25. The number of ether oxygens (including phenoxy) is 1. The molecule has 1 amide bonds. The van der Waals surface area contributed by atoms with Crippen molar-refractivity contribution >= 4 is 34.0 Å². The van der Waals surface area contributed by atoms with Crippen molar-refractivity contribution in [3.05, 3.63) is 54.1 Å². The maximum absolute atomic E-state index is 13.0. The maximum Gasteiger partial charge on any atom is 0.238 e. The van der Waals surface area contributed by atoms with Crippen LogP contribution in [0.15, 0.2) is 48.5 Å². The number of pyridine rings is 1. The van der Waals surface area contributed by atoms with E-state index in [9.17, 15) is 4.79 Å². The number of fused-ring (bicyclic) bond motifs is 2. The van der Waals surface area contributed by atoms with Gasteiger partial charge in [0.15, 0.2) is 0 Å². The molecule has 32 heavy (non-hydrogen) atoms. The number of carbonyl (C=O) groups excluding carboxylic acids is 1. The SMILES string of the molecule is COc1ccccc1N1CCN(CC(=O)Nc2c3c(nc4ccccc24)N(C)CC3)CC1. The van der Waals surface area contributed by atoms with Crippen molar-refractivity contribution in [2.75, 3.05) is 68.5 Å². The third-order valence-corrected chi connectivity index (χ3v) is 6.46. The van der Waals surface area contributed by atoms with E-state index >= 15 is 0 Å². The van der Waals surface area contributed by atoms with E-state index in [1.165, 1.54) is 0 Å². The first kappa shape index (κ1) is 20.6. The number of benzene rings is 2. The van der Waals surface area contributed by atoms with E-state index in [4.69, 9.17) is 9.72 Å². The van der Waals surface area contributed by atoms with E-state index in [1.54, 1.807) is 7.11 Å². The monoisotopic (exact) mass is 431 g/mol. The molecule has 2 aromatic carbocycles. The summed E-state index contributed by atoms with van der Waals surface area (Å²) in [7, 11) is 3.76. The summed E-state index contributed by atoms with van der Waals surface area (Å²) >= 11 is 0. The molecule has 0 radical (unpaired) electrons. The molecule has 3 aromatic rings. The van der Waals surface area contributed by atoms with Crippen molar-refractivity contribution in [3.63, 3.8) is 0 Å². The van der Waals surface area contributed by atoms with Gasteiger partial charge in [-0.2, -0.15) is 0 Å². The highest BCUT2D eigenvalue weighted by Crippen LogP contribution is 2.36. The van der Waals surface area contributed by atoms with Crippen LogP contribution in [0.3, 0.4) is 0 Å². The average molecular weight is 432 g/mol. The number of amides is 1. The highest BCUT2D eigenvalue weighted by molar-refractivity contribution is 6.04. The molecule has 1 N–H and O–H groups in total. The number of likely N-dealkylation sites (N-methyl/N-ethyl adjacent to an activating group) is 1. The predicted octanol–water partition coefficient (Wildman–Crippen LogP) is 3.00. The molecule has 166 valence electrons. The van der Waals surface area contributed by atoms with Gasteiger partial charge in [-0.25, -0.2) is 4.98 Å². The zero-order valence-corrected chi connectivity index (χ0v) is 18.7. The topological polar surface area (TPSA) is 60.9 Å². The number of nitrogens with one attached hydrogen (secondary N) is 1. The van der Waals surface area contributed by atoms with Crippen molar-refractivity contribution in [3.8, 4) is 5.75 Å². The Morgan fingerprint density at radius 3 is 2.59 bits per heavy atom. The molecular weight excluding hydrogens is 402 g/mol. The van der Waals surface area contributed by atoms with E-state index in [1.807, 2.05) is 42.5 Å². The minimum atomic E-state index is 0.0313. The van der Waals surface area contributed by atoms with Gasteiger partial charge in [0.05, 0.1) is 30.5 Å². The molecule has 3 heterocycles. The summed E-state index contributed by atoms with van der Waals surface area (Å²) in [5.41, 5.74) is 4.09. The molecule has 0 bridgehead atoms. The minimum absolute atomic E-state index is 0.0313. The van der Waals surface area contributed by atoms with Gasteiger partial charge in [0.2, 0.25) is 5.91 Å². The molecular formula is C25H29N5O2. The van der Waals surface area contributed by atoms with Crippen LogP contribution >= 0.6 is 0 Å². The molecule has 1 fully saturated rings. The van der Waals surface area contributed by atoms with Gasteiger partial charge >= 0.3 is 0 Å². The maximum atomic E-state index is 13.0. The largest absolute Gasteiger partial charge is 0.495 e. The summed E-state index contributed by atoms with van der Waals surface area (Å²) in [6.45, 7) is 4.72. The molecule has 0 atom stereocenters. The molecule has 0 saturated carbocycles. The molecule has 5 rings (SSSR count). The van der Waals surface area contributed by atoms with Crippen molar-refractivity contribution < 1.29 is 9.53 Å². The number of piperazine rings is 1. The van der Waals surface area contributed by atoms with Crippen LogP contribution in [0.1, 0.15) is 5.56 Å². The van der Waals surface area contributed by atoms with E-state index in [2.05, 4.69) is 33.1 Å². The number of methoxy groups -OCH3 is 1. The van der Waals surface area contributed by atoms with Crippen LogP contribution in [0.2, 0.25) is 0 Å². The van der Waals surface area contributed by atoms with E-state index in [0.717, 1.165) is 78.6 Å². The summed E-state index contributed by atoms with van der Waals surface area (Å²) in [6.07, 6.45) is 0.900. The number of rotatable bonds is 5. The lowest BCUT2D eigenvalue weighted by atomic mass is 10.1. The first-order valence-electron chi connectivity index (χ1n) is 11.2. The molecule has 7 nitrogen and oxygen atoms in total. The lowest BCUT2D eigenvalue weighted by molar-refractivity contribution is -0.117. The number of nitrogens with zero attached hydrogens (tertiary/aromatic N) is 4. The third kappa shape index (κ3) is 3.84. The number of para-hydroxylation sites is 3. The first-order chi connectivity index (χ1) is 15.6. The number of hydrogen-bond acceptors (Lipinski definition) is 6. The van der Waals surface area contributed by atoms with Crippen LogP contribution < -0.4 is 19.9 Å². The van der Waals surface area contributed by atoms with E-state index < -0.39 is 0 Å². The zero-order valence-electron chi connectivity index (χ0n) is 18.7. The van der Waals surface area contributed by atoms with Crippen LogP contribution in [0.25, 0.3) is 10.9 Å². The van der Waals surface area contributed by atoms with Gasteiger partial charge in [-0.3, -0.25) is 9.69 Å². The Labute approximate surface area is 188 Å². The average Bonchev–Trinajstić information content (AvgIpc) is 3.20. The Morgan fingerprint density at radius 1 is 1.03 bits per heavy atom. The van der Waals surface area contributed by atoms with Gasteiger partial charge in [0, 0.05) is 50.7 Å². The Kier molecular flexibility index (Phi) is 5.57. The van der Waals surface area contributed by atoms with Crippen molar-refractivity contribution in [2.24, 2.45) is 0 Å². The van der Waals surface area contributed by atoms with Crippen LogP contribution in [-0.4, -0.2) is 69.2 Å². The summed E-state index contributed by atoms with van der Waals surface area (Å²) < 4.78 is 5.51. The van der Waals surface area contributed by atoms with Gasteiger partial charge in [0.25, 0.3) is 0 Å². The van der Waals surface area contributed by atoms with Crippen LogP contribution in [-0.2, 0) is 11.2 Å². The number of hydrogen-bond donors (Lipinski definition) is 1. The molecule has 0 aliphatic carbocycles. The second-order valence-corrected chi connectivity index (χ2v) is 8.46. The molecule has 7 heteroatoms. The van der Waals surface area contributed by atoms with Gasteiger partial charge in [0.1, 0.15) is 11.6 Å². The molecule has 0 unspecified atom stereocenters. The number of aromatic nitrogens is 1. The smallest absolute Gasteiger partial charge is 0.238 e. The Morgan fingerprint density at radius 2 is 1.78 bits per heavy atom. The van der Waals surface area contributed by atoms with Gasteiger partial charge in [-0.15, -0.1) is 0 Å². The lowest BCUT2D eigenvalue weighted by Crippen LogP contribution is -2.48. The summed E-state index contributed by atoms with van der Waals surface area (Å²) in [6, 6.07) is 16.1. The fourth-order valence-electron chi connectivity index (χ4n) is 4.74. The quantitative estimate of drug-likeness (QED) is 0.670. The fraction of sp³-hybridized carbons (Fsp3) is 0.360. The number of carbonyl (C=O) groups is 1. The van der Waals surface area contributed by atoms with Crippen molar-refractivity contribution in [1.29, 1.82) is 0 Å². The molecule has 0 spiro atoms. The Hall–Kier alpha value is -3.32. The fourth-order valence-corrected chi connectivity index (χ4v) is 4.74. The second-order valence-electron chi connectivity index (χ2n) is 8.46. The molecule has 2 aliphatic rings. The summed E-state index contributed by atoms with van der Waals surface area (Å²) in [5.74, 6) is 1.90. The normalized spacial score (nSPS) is 16.3. The Bertz CT molecular complexity index is 1140. The highest BCUT2D eigenvalue weighted by atomic mass is 16.5. The minimum Gasteiger partial charge on any atom is -0.495 e. The summed E-state index contributed by atoms with van der Waals surface area (Å²) in [5, 5.41) is 4.24. The van der Waals surface area contributed by atoms with Crippen molar-refractivity contribution in [2.45, 2.75) is 6.42 Å². The standard InChI is InChI=1S/C25H29N5O2/c1-28-12-11-19-24(18-7-3-4-8-20(18)26-25(19)28)27-23(31)17-29-13-15-30(16-14-29)21-9-5-6-10-22(21)32-2/h3-10H,11-17H2,1-2H3,(H,26,27,31). The molecule has 1 saturated heterocycles. The van der Waals surface area contributed by atoms with Crippen LogP contribution in [0, 0.1) is 0 Å². The second kappa shape index (κ2) is 8.67. The van der Waals surface area contributed by atoms with Gasteiger partial charge < -0.3 is 19.9 Å². The Balaban J connectivity index is 1.27. The summed E-state index contributed by atoms with van der Waals surface area (Å²) in [4.78, 5) is 24.6. The third-order valence-electron chi connectivity index (χ3n) is 6.46. The predicted molar refractivity (Wildman–Crippen MR) is 129 cm³/mol.